The van der Waals surface area contributed by atoms with E-state index in [1.807, 2.05) is 36.4 Å². The molecule has 8 atom stereocenters. The van der Waals surface area contributed by atoms with Crippen LogP contribution in [0.4, 0.5) is 5.69 Å². The number of piperidine rings is 1. The zero-order valence-corrected chi connectivity index (χ0v) is 18.1. The van der Waals surface area contributed by atoms with Crippen molar-refractivity contribution in [3.05, 3.63) is 65.7 Å². The van der Waals surface area contributed by atoms with Crippen LogP contribution in [0.1, 0.15) is 17.5 Å². The first-order valence-corrected chi connectivity index (χ1v) is 11.6. The number of anilines is 1. The number of hydrogen-bond donors (Lipinski definition) is 2. The second kappa shape index (κ2) is 6.41. The third-order valence-electron chi connectivity index (χ3n) is 9.19. The summed E-state index contributed by atoms with van der Waals surface area (Å²) >= 11 is 0. The number of aliphatic hydroxyl groups is 1. The van der Waals surface area contributed by atoms with Crippen LogP contribution in [-0.2, 0) is 26.3 Å². The van der Waals surface area contributed by atoms with Crippen molar-refractivity contribution in [2.75, 3.05) is 25.5 Å². The number of nitrogens with one attached hydrogen (secondary N) is 1. The number of amides is 1. The second-order valence-corrected chi connectivity index (χ2v) is 10.4. The summed E-state index contributed by atoms with van der Waals surface area (Å²) in [6.45, 7) is 2.03. The molecule has 2 aliphatic carbocycles. The summed E-state index contributed by atoms with van der Waals surface area (Å²) in [6, 6.07) is 18.4. The highest BCUT2D eigenvalue weighted by Gasteiger charge is 2.82. The van der Waals surface area contributed by atoms with Gasteiger partial charge < -0.3 is 24.8 Å². The average Bonchev–Trinajstić information content (AvgIpc) is 3.28. The quantitative estimate of drug-likeness (QED) is 0.776. The van der Waals surface area contributed by atoms with Crippen molar-refractivity contribution in [1.82, 2.24) is 4.90 Å². The lowest BCUT2D eigenvalue weighted by molar-refractivity contribution is -0.255. The molecule has 7 rings (SSSR count). The van der Waals surface area contributed by atoms with Crippen molar-refractivity contribution in [3.63, 3.8) is 0 Å². The van der Waals surface area contributed by atoms with Crippen LogP contribution >= 0.6 is 0 Å². The molecule has 2 saturated carbocycles. The number of carbonyl (C=O) groups excluding carboxylic acids is 1. The highest BCUT2D eigenvalue weighted by molar-refractivity contribution is 6.07. The summed E-state index contributed by atoms with van der Waals surface area (Å²) in [7, 11) is 2.13. The Morgan fingerprint density at radius 3 is 2.81 bits per heavy atom. The fourth-order valence-electron chi connectivity index (χ4n) is 8.37. The third-order valence-corrected chi connectivity index (χ3v) is 9.19. The Morgan fingerprint density at radius 2 is 1.97 bits per heavy atom. The monoisotopic (exact) mass is 432 g/mol. The van der Waals surface area contributed by atoms with Gasteiger partial charge in [0.1, 0.15) is 5.41 Å². The van der Waals surface area contributed by atoms with Gasteiger partial charge in [-0.25, -0.2) is 0 Å². The Morgan fingerprint density at radius 1 is 1.19 bits per heavy atom. The van der Waals surface area contributed by atoms with Crippen molar-refractivity contribution in [1.29, 1.82) is 0 Å². The molecule has 5 bridgehead atoms. The number of nitrogens with zero attached hydrogens (tertiary/aromatic N) is 1. The standard InChI is InChI=1S/C26H28N2O4/c1-28-13-25(14-31-12-15-7-3-2-4-8-15)17-11-19-26(22(25)21(28)20(17)23(29)32-19)16-9-5-6-10-18(16)27-24(26)30/h2-10,17,19-23,29H,11-14H2,1H3,(H,27,30)/t17-,19+,20-,21+,22-,23?,25-,26-/m1/s1. The fourth-order valence-corrected chi connectivity index (χ4v) is 8.37. The van der Waals surface area contributed by atoms with Gasteiger partial charge in [-0.15, -0.1) is 0 Å². The molecule has 6 heteroatoms. The van der Waals surface area contributed by atoms with Crippen LogP contribution in [0, 0.1) is 23.2 Å². The van der Waals surface area contributed by atoms with Crippen molar-refractivity contribution in [3.8, 4) is 0 Å². The van der Waals surface area contributed by atoms with Gasteiger partial charge in [-0.2, -0.15) is 0 Å². The summed E-state index contributed by atoms with van der Waals surface area (Å²) in [5, 5.41) is 14.3. The van der Waals surface area contributed by atoms with Crippen LogP contribution in [0.15, 0.2) is 54.6 Å². The van der Waals surface area contributed by atoms with Crippen molar-refractivity contribution in [2.45, 2.75) is 36.9 Å². The summed E-state index contributed by atoms with van der Waals surface area (Å²) in [5.41, 5.74) is 2.09. The molecule has 2 aromatic carbocycles. The van der Waals surface area contributed by atoms with Gasteiger partial charge in [0.05, 0.1) is 19.3 Å². The molecule has 1 unspecified atom stereocenters. The summed E-state index contributed by atoms with van der Waals surface area (Å²) in [5.74, 6) is 0.375. The van der Waals surface area contributed by atoms with Crippen molar-refractivity contribution in [2.24, 2.45) is 23.2 Å². The van der Waals surface area contributed by atoms with Gasteiger partial charge in [-0.3, -0.25) is 4.79 Å². The Kier molecular flexibility index (Phi) is 3.86. The molecule has 0 radical (unpaired) electrons. The molecule has 2 N–H and O–H groups in total. The van der Waals surface area contributed by atoms with Crippen LogP contribution in [0.25, 0.3) is 0 Å². The number of ether oxygens (including phenoxy) is 2. The number of para-hydroxylation sites is 1. The molecule has 2 saturated heterocycles. The highest BCUT2D eigenvalue weighted by Crippen LogP contribution is 2.73. The SMILES string of the molecule is CN1C[C@@]2(COCc3ccccc3)[C@@H]3C[C@@H]4OC(O)[C@H]3[C@H]1[C@H]2[C@]41C(=O)Nc2ccccc21. The van der Waals surface area contributed by atoms with E-state index in [0.29, 0.717) is 19.1 Å². The van der Waals surface area contributed by atoms with Gasteiger partial charge in [-0.1, -0.05) is 48.5 Å². The molecular formula is C26H28N2O4. The van der Waals surface area contributed by atoms with Crippen LogP contribution in [-0.4, -0.2) is 54.5 Å². The van der Waals surface area contributed by atoms with Crippen LogP contribution < -0.4 is 5.32 Å². The molecular weight excluding hydrogens is 404 g/mol. The maximum Gasteiger partial charge on any atom is 0.238 e. The largest absolute Gasteiger partial charge is 0.376 e. The molecule has 1 amide bonds. The normalized spacial score (nSPS) is 43.1. The van der Waals surface area contributed by atoms with Crippen molar-refractivity contribution >= 4 is 11.6 Å². The van der Waals surface area contributed by atoms with Crippen LogP contribution in [0.3, 0.4) is 0 Å². The van der Waals surface area contributed by atoms with Gasteiger partial charge in [0.25, 0.3) is 0 Å². The van der Waals surface area contributed by atoms with E-state index in [-0.39, 0.29) is 35.3 Å². The van der Waals surface area contributed by atoms with Crippen LogP contribution in [0.2, 0.25) is 0 Å². The number of likely N-dealkylation sites (tertiary alicyclic amines) is 1. The summed E-state index contributed by atoms with van der Waals surface area (Å²) in [4.78, 5) is 16.2. The highest BCUT2D eigenvalue weighted by atomic mass is 16.6. The second-order valence-electron chi connectivity index (χ2n) is 10.4. The first kappa shape index (κ1) is 19.2. The Labute approximate surface area is 187 Å². The molecule has 3 heterocycles. The lowest BCUT2D eigenvalue weighted by atomic mass is 9.51. The summed E-state index contributed by atoms with van der Waals surface area (Å²) in [6.07, 6.45) is -0.366. The minimum absolute atomic E-state index is 0.00950. The Hall–Kier alpha value is -2.25. The van der Waals surface area contributed by atoms with E-state index in [4.69, 9.17) is 9.47 Å². The van der Waals surface area contributed by atoms with E-state index in [1.54, 1.807) is 0 Å². The van der Waals surface area contributed by atoms with Gasteiger partial charge >= 0.3 is 0 Å². The molecule has 6 nitrogen and oxygen atoms in total. The lowest BCUT2D eigenvalue weighted by Gasteiger charge is -2.56. The number of benzene rings is 2. The van der Waals surface area contributed by atoms with Gasteiger partial charge in [0.15, 0.2) is 6.29 Å². The lowest BCUT2D eigenvalue weighted by Crippen LogP contribution is -2.64. The number of fused-ring (bicyclic) bond motifs is 5. The minimum atomic E-state index is -0.843. The Balaban J connectivity index is 1.35. The number of rotatable bonds is 4. The maximum atomic E-state index is 13.8. The van der Waals surface area contributed by atoms with Gasteiger partial charge in [-0.05, 0) is 36.6 Å². The Bertz CT molecular complexity index is 1090. The number of hydrogen-bond acceptors (Lipinski definition) is 5. The van der Waals surface area contributed by atoms with Crippen molar-refractivity contribution < 1.29 is 19.4 Å². The number of carbonyl (C=O) groups is 1. The van der Waals surface area contributed by atoms with E-state index in [0.717, 1.165) is 29.8 Å². The molecule has 166 valence electrons. The van der Waals surface area contributed by atoms with Crippen LogP contribution in [0.5, 0.6) is 0 Å². The minimum Gasteiger partial charge on any atom is -0.376 e. The third kappa shape index (κ3) is 2.12. The summed E-state index contributed by atoms with van der Waals surface area (Å²) < 4.78 is 12.6. The zero-order valence-electron chi connectivity index (χ0n) is 18.1. The average molecular weight is 433 g/mol. The molecule has 3 aliphatic heterocycles. The van der Waals surface area contributed by atoms with E-state index in [2.05, 4.69) is 35.5 Å². The molecule has 32 heavy (non-hydrogen) atoms. The zero-order chi connectivity index (χ0) is 21.7. The molecule has 5 aliphatic rings. The van der Waals surface area contributed by atoms with E-state index in [1.165, 1.54) is 0 Å². The first-order chi connectivity index (χ1) is 15.6. The molecule has 2 aromatic rings. The predicted molar refractivity (Wildman–Crippen MR) is 118 cm³/mol. The van der Waals surface area contributed by atoms with Gasteiger partial charge in [0, 0.05) is 35.5 Å². The maximum absolute atomic E-state index is 13.8. The molecule has 1 spiro atoms. The first-order valence-electron chi connectivity index (χ1n) is 11.6. The van der Waals surface area contributed by atoms with Gasteiger partial charge in [0.2, 0.25) is 5.91 Å². The predicted octanol–water partition coefficient (Wildman–Crippen LogP) is 2.38. The topological polar surface area (TPSA) is 71.0 Å². The number of aliphatic hydroxyl groups excluding tert-OH is 1. The molecule has 4 fully saturated rings. The van der Waals surface area contributed by atoms with E-state index < -0.39 is 11.7 Å². The molecule has 0 aromatic heterocycles. The van der Waals surface area contributed by atoms with E-state index >= 15 is 0 Å². The fraction of sp³-hybridized carbons (Fsp3) is 0.500. The smallest absolute Gasteiger partial charge is 0.238 e. The van der Waals surface area contributed by atoms with E-state index in [9.17, 15) is 9.90 Å².